The summed E-state index contributed by atoms with van der Waals surface area (Å²) in [6.45, 7) is 0. The molecule has 0 saturated carbocycles. The van der Waals surface area contributed by atoms with Gasteiger partial charge in [0.1, 0.15) is 16.6 Å². The van der Waals surface area contributed by atoms with E-state index in [4.69, 9.17) is 16.3 Å². The van der Waals surface area contributed by atoms with E-state index in [1.54, 1.807) is 43.4 Å². The zero-order valence-electron chi connectivity index (χ0n) is 13.1. The summed E-state index contributed by atoms with van der Waals surface area (Å²) in [4.78, 5) is 0. The van der Waals surface area contributed by atoms with Gasteiger partial charge in [-0.25, -0.2) is 4.39 Å². The molecule has 1 aromatic heterocycles. The van der Waals surface area contributed by atoms with Crippen LogP contribution in [0.1, 0.15) is 10.6 Å². The van der Waals surface area contributed by atoms with Crippen LogP contribution in [0.25, 0.3) is 11.1 Å². The minimum atomic E-state index is -0.335. The quantitative estimate of drug-likeness (QED) is 0.717. The number of nitrogens with zero attached hydrogens (tertiary/aromatic N) is 2. The van der Waals surface area contributed by atoms with Crippen molar-refractivity contribution in [2.24, 2.45) is 0 Å². The second-order valence-corrected chi connectivity index (χ2v) is 6.55. The SMILES string of the molecule is CNc1nnc(Cc2ccc(OC)c(-c3cccc(Cl)c3)c2F)s1. The van der Waals surface area contributed by atoms with Gasteiger partial charge in [0.05, 0.1) is 12.7 Å². The van der Waals surface area contributed by atoms with E-state index in [1.807, 2.05) is 0 Å². The van der Waals surface area contributed by atoms with Crippen molar-refractivity contribution in [3.05, 3.63) is 57.8 Å². The number of anilines is 1. The van der Waals surface area contributed by atoms with Gasteiger partial charge in [-0.15, -0.1) is 10.2 Å². The molecule has 24 heavy (non-hydrogen) atoms. The second kappa shape index (κ2) is 7.15. The number of hydrogen-bond donors (Lipinski definition) is 1. The Balaban J connectivity index is 2.04. The van der Waals surface area contributed by atoms with Crippen LogP contribution >= 0.6 is 22.9 Å². The van der Waals surface area contributed by atoms with Gasteiger partial charge in [-0.3, -0.25) is 0 Å². The van der Waals surface area contributed by atoms with E-state index in [2.05, 4.69) is 15.5 Å². The number of hydrogen-bond acceptors (Lipinski definition) is 5. The van der Waals surface area contributed by atoms with E-state index in [9.17, 15) is 0 Å². The van der Waals surface area contributed by atoms with Gasteiger partial charge >= 0.3 is 0 Å². The summed E-state index contributed by atoms with van der Waals surface area (Å²) in [6.07, 6.45) is 0.364. The molecule has 124 valence electrons. The summed E-state index contributed by atoms with van der Waals surface area (Å²) < 4.78 is 20.5. The highest BCUT2D eigenvalue weighted by Crippen LogP contribution is 2.36. The van der Waals surface area contributed by atoms with E-state index < -0.39 is 0 Å². The third kappa shape index (κ3) is 3.34. The predicted octanol–water partition coefficient (Wildman–Crippen LogP) is 4.64. The first-order valence-corrected chi connectivity index (χ1v) is 8.43. The zero-order chi connectivity index (χ0) is 17.1. The number of rotatable bonds is 5. The lowest BCUT2D eigenvalue weighted by Crippen LogP contribution is -1.98. The molecule has 0 atom stereocenters. The Hall–Kier alpha value is -2.18. The summed E-state index contributed by atoms with van der Waals surface area (Å²) in [7, 11) is 3.29. The summed E-state index contributed by atoms with van der Waals surface area (Å²) in [5.41, 5.74) is 1.60. The van der Waals surface area contributed by atoms with Crippen molar-refractivity contribution in [3.8, 4) is 16.9 Å². The maximum atomic E-state index is 15.1. The lowest BCUT2D eigenvalue weighted by molar-refractivity contribution is 0.413. The Morgan fingerprint density at radius 1 is 1.25 bits per heavy atom. The molecule has 0 aliphatic carbocycles. The maximum absolute atomic E-state index is 15.1. The van der Waals surface area contributed by atoms with Gasteiger partial charge < -0.3 is 10.1 Å². The van der Waals surface area contributed by atoms with Crippen molar-refractivity contribution in [1.29, 1.82) is 0 Å². The largest absolute Gasteiger partial charge is 0.496 e. The fourth-order valence-electron chi connectivity index (χ4n) is 2.41. The molecule has 7 heteroatoms. The van der Waals surface area contributed by atoms with Gasteiger partial charge in [0.2, 0.25) is 5.13 Å². The normalized spacial score (nSPS) is 10.7. The molecule has 1 N–H and O–H groups in total. The van der Waals surface area contributed by atoms with Crippen LogP contribution in [-0.2, 0) is 6.42 Å². The van der Waals surface area contributed by atoms with E-state index in [1.165, 1.54) is 18.4 Å². The van der Waals surface area contributed by atoms with Gasteiger partial charge in [-0.05, 0) is 29.3 Å². The highest BCUT2D eigenvalue weighted by Gasteiger charge is 2.17. The molecule has 0 aliphatic heterocycles. The molecule has 4 nitrogen and oxygen atoms in total. The summed E-state index contributed by atoms with van der Waals surface area (Å²) in [5, 5.41) is 13.0. The Kier molecular flexibility index (Phi) is 4.97. The molecule has 3 rings (SSSR count). The topological polar surface area (TPSA) is 47.0 Å². The highest BCUT2D eigenvalue weighted by atomic mass is 35.5. The Morgan fingerprint density at radius 2 is 2.08 bits per heavy atom. The summed E-state index contributed by atoms with van der Waals surface area (Å²) >= 11 is 7.44. The molecular weight excluding hydrogens is 349 g/mol. The lowest BCUT2D eigenvalue weighted by atomic mass is 9.99. The number of methoxy groups -OCH3 is 1. The van der Waals surface area contributed by atoms with E-state index in [0.717, 1.165) is 5.01 Å². The Bertz CT molecular complexity index is 869. The van der Waals surface area contributed by atoms with Crippen molar-refractivity contribution in [2.75, 3.05) is 19.5 Å². The lowest BCUT2D eigenvalue weighted by Gasteiger charge is -2.13. The predicted molar refractivity (Wildman–Crippen MR) is 95.7 cm³/mol. The molecule has 2 aromatic carbocycles. The molecule has 0 amide bonds. The maximum Gasteiger partial charge on any atom is 0.205 e. The molecule has 0 fully saturated rings. The van der Waals surface area contributed by atoms with Gasteiger partial charge in [-0.1, -0.05) is 41.1 Å². The van der Waals surface area contributed by atoms with Gasteiger partial charge in [0, 0.05) is 18.5 Å². The summed E-state index contributed by atoms with van der Waals surface area (Å²) in [6, 6.07) is 10.5. The standard InChI is InChI=1S/C17H15ClFN3OS/c1-20-17-22-21-14(24-17)9-11-6-7-13(23-2)15(16(11)19)10-4-3-5-12(18)8-10/h3-8H,9H2,1-2H3,(H,20,22). The monoisotopic (exact) mass is 363 g/mol. The Labute approximate surface area is 148 Å². The molecule has 1 heterocycles. The minimum Gasteiger partial charge on any atom is -0.496 e. The van der Waals surface area contributed by atoms with Gasteiger partial charge in [0.25, 0.3) is 0 Å². The molecule has 0 aliphatic rings. The third-order valence-electron chi connectivity index (χ3n) is 3.54. The zero-order valence-corrected chi connectivity index (χ0v) is 14.7. The number of halogens is 2. The van der Waals surface area contributed by atoms with E-state index in [-0.39, 0.29) is 5.82 Å². The number of benzene rings is 2. The van der Waals surface area contributed by atoms with E-state index in [0.29, 0.717) is 39.0 Å². The molecule has 0 saturated heterocycles. The number of nitrogens with one attached hydrogen (secondary N) is 1. The smallest absolute Gasteiger partial charge is 0.205 e. The molecule has 0 unspecified atom stereocenters. The first kappa shape index (κ1) is 16.7. The molecule has 0 spiro atoms. The van der Waals surface area contributed by atoms with Crippen LogP contribution in [0.15, 0.2) is 36.4 Å². The molecule has 0 bridgehead atoms. The van der Waals surface area contributed by atoms with Crippen molar-refractivity contribution >= 4 is 28.1 Å². The molecule has 0 radical (unpaired) electrons. The first-order chi connectivity index (χ1) is 11.6. The molecule has 3 aromatic rings. The Morgan fingerprint density at radius 3 is 2.75 bits per heavy atom. The average Bonchev–Trinajstić information content (AvgIpc) is 3.04. The van der Waals surface area contributed by atoms with Crippen molar-refractivity contribution < 1.29 is 9.13 Å². The van der Waals surface area contributed by atoms with Gasteiger partial charge in [-0.2, -0.15) is 0 Å². The highest BCUT2D eigenvalue weighted by molar-refractivity contribution is 7.15. The fourth-order valence-corrected chi connectivity index (χ4v) is 3.32. The minimum absolute atomic E-state index is 0.335. The van der Waals surface area contributed by atoms with Crippen LogP contribution in [0, 0.1) is 5.82 Å². The third-order valence-corrected chi connectivity index (χ3v) is 4.72. The first-order valence-electron chi connectivity index (χ1n) is 7.23. The fraction of sp³-hybridized carbons (Fsp3) is 0.176. The second-order valence-electron chi connectivity index (χ2n) is 5.05. The van der Waals surface area contributed by atoms with Crippen molar-refractivity contribution in [3.63, 3.8) is 0 Å². The molecular formula is C17H15ClFN3OS. The van der Waals surface area contributed by atoms with Crippen LogP contribution in [0.2, 0.25) is 5.02 Å². The van der Waals surface area contributed by atoms with Crippen molar-refractivity contribution in [1.82, 2.24) is 10.2 Å². The van der Waals surface area contributed by atoms with Crippen LogP contribution in [0.4, 0.5) is 9.52 Å². The van der Waals surface area contributed by atoms with Crippen LogP contribution in [0.3, 0.4) is 0 Å². The van der Waals surface area contributed by atoms with Crippen LogP contribution < -0.4 is 10.1 Å². The van der Waals surface area contributed by atoms with Crippen LogP contribution in [-0.4, -0.2) is 24.4 Å². The summed E-state index contributed by atoms with van der Waals surface area (Å²) in [5.74, 6) is 0.129. The van der Waals surface area contributed by atoms with E-state index >= 15 is 4.39 Å². The number of ether oxygens (including phenoxy) is 1. The van der Waals surface area contributed by atoms with Gasteiger partial charge in [0.15, 0.2) is 0 Å². The van der Waals surface area contributed by atoms with Crippen molar-refractivity contribution in [2.45, 2.75) is 6.42 Å². The number of aromatic nitrogens is 2. The van der Waals surface area contributed by atoms with Crippen LogP contribution in [0.5, 0.6) is 5.75 Å². The average molecular weight is 364 g/mol.